The molecule has 1 unspecified atom stereocenters. The lowest BCUT2D eigenvalue weighted by Crippen LogP contribution is -2.52. The fourth-order valence-corrected chi connectivity index (χ4v) is 4.51. The Labute approximate surface area is 167 Å². The van der Waals surface area contributed by atoms with Crippen molar-refractivity contribution >= 4 is 5.91 Å². The predicted octanol–water partition coefficient (Wildman–Crippen LogP) is 2.91. The van der Waals surface area contributed by atoms with Crippen LogP contribution in [0.5, 0.6) is 0 Å². The van der Waals surface area contributed by atoms with Crippen LogP contribution in [-0.4, -0.2) is 59.1 Å². The minimum absolute atomic E-state index is 0.137. The van der Waals surface area contributed by atoms with Crippen LogP contribution in [0.4, 0.5) is 0 Å². The van der Waals surface area contributed by atoms with Gasteiger partial charge in [0.05, 0.1) is 5.60 Å². The second-order valence-electron chi connectivity index (χ2n) is 8.68. The maximum atomic E-state index is 13.0. The average molecular weight is 391 g/mol. The summed E-state index contributed by atoms with van der Waals surface area (Å²) in [5, 5.41) is 10.9. The molecule has 6 nitrogen and oxygen atoms in total. The number of likely N-dealkylation sites (tertiary alicyclic amines) is 2. The van der Waals surface area contributed by atoms with Crippen LogP contribution in [0, 0.1) is 6.92 Å². The summed E-state index contributed by atoms with van der Waals surface area (Å²) < 4.78 is 5.49. The molecule has 2 aliphatic heterocycles. The average Bonchev–Trinajstić information content (AvgIpc) is 3.14. The standard InChI is InChI=1S/C22H34N2O4/c1-4-7-16(2)18-14-17(3)19(21(26)28-18)20(25)24-12-8-22(27,9-13-24)15-23-10-5-6-11-23/h14,16,27H,4-13,15H2,1-3H3. The third kappa shape index (κ3) is 4.66. The van der Waals surface area contributed by atoms with E-state index in [0.717, 1.165) is 25.9 Å². The van der Waals surface area contributed by atoms with Gasteiger partial charge in [-0.15, -0.1) is 0 Å². The van der Waals surface area contributed by atoms with E-state index < -0.39 is 11.2 Å². The first-order chi connectivity index (χ1) is 13.3. The molecule has 156 valence electrons. The van der Waals surface area contributed by atoms with Crippen LogP contribution < -0.4 is 5.63 Å². The molecule has 28 heavy (non-hydrogen) atoms. The Hall–Kier alpha value is -1.66. The normalized spacial score (nSPS) is 21.1. The summed E-state index contributed by atoms with van der Waals surface area (Å²) in [5.41, 5.74) is -0.462. The lowest BCUT2D eigenvalue weighted by Gasteiger charge is -2.40. The summed E-state index contributed by atoms with van der Waals surface area (Å²) in [6.07, 6.45) is 5.44. The number of nitrogens with zero attached hydrogens (tertiary/aromatic N) is 2. The van der Waals surface area contributed by atoms with E-state index in [1.165, 1.54) is 12.8 Å². The van der Waals surface area contributed by atoms with Crippen molar-refractivity contribution in [1.29, 1.82) is 0 Å². The first kappa shape index (κ1) is 21.1. The fraction of sp³-hybridized carbons (Fsp3) is 0.727. The highest BCUT2D eigenvalue weighted by atomic mass is 16.4. The Morgan fingerprint density at radius 1 is 1.25 bits per heavy atom. The second-order valence-corrected chi connectivity index (χ2v) is 8.68. The summed E-state index contributed by atoms with van der Waals surface area (Å²) in [6.45, 7) is 9.66. The van der Waals surface area contributed by atoms with Crippen LogP contribution in [0.2, 0.25) is 0 Å². The van der Waals surface area contributed by atoms with Crippen molar-refractivity contribution in [2.24, 2.45) is 0 Å². The van der Waals surface area contributed by atoms with Gasteiger partial charge < -0.3 is 19.3 Å². The third-order valence-electron chi connectivity index (χ3n) is 6.29. The van der Waals surface area contributed by atoms with Gasteiger partial charge in [-0.1, -0.05) is 20.3 Å². The Kier molecular flexibility index (Phi) is 6.61. The summed E-state index contributed by atoms with van der Waals surface area (Å²) in [7, 11) is 0. The van der Waals surface area contributed by atoms with Gasteiger partial charge in [-0.2, -0.15) is 0 Å². The van der Waals surface area contributed by atoms with Gasteiger partial charge in [0.1, 0.15) is 11.3 Å². The molecule has 0 saturated carbocycles. The Morgan fingerprint density at radius 3 is 2.46 bits per heavy atom. The number of carbonyl (C=O) groups is 1. The first-order valence-electron chi connectivity index (χ1n) is 10.7. The molecule has 0 aromatic carbocycles. The molecule has 2 fully saturated rings. The topological polar surface area (TPSA) is 74.0 Å². The molecular formula is C22H34N2O4. The van der Waals surface area contributed by atoms with Gasteiger partial charge in [0.15, 0.2) is 0 Å². The van der Waals surface area contributed by atoms with E-state index in [9.17, 15) is 14.7 Å². The zero-order valence-corrected chi connectivity index (χ0v) is 17.5. The summed E-state index contributed by atoms with van der Waals surface area (Å²) in [4.78, 5) is 29.5. The highest BCUT2D eigenvalue weighted by molar-refractivity contribution is 5.95. The van der Waals surface area contributed by atoms with Crippen LogP contribution in [0.1, 0.15) is 80.0 Å². The number of carbonyl (C=O) groups excluding carboxylic acids is 1. The summed E-state index contributed by atoms with van der Waals surface area (Å²) >= 11 is 0. The largest absolute Gasteiger partial charge is 0.427 e. The van der Waals surface area contributed by atoms with Crippen molar-refractivity contribution < 1.29 is 14.3 Å². The highest BCUT2D eigenvalue weighted by Gasteiger charge is 2.37. The van der Waals surface area contributed by atoms with Crippen LogP contribution >= 0.6 is 0 Å². The van der Waals surface area contributed by atoms with Crippen molar-refractivity contribution in [3.05, 3.63) is 33.4 Å². The van der Waals surface area contributed by atoms with E-state index in [2.05, 4.69) is 11.8 Å². The Morgan fingerprint density at radius 2 is 1.89 bits per heavy atom. The van der Waals surface area contributed by atoms with Crippen molar-refractivity contribution in [2.45, 2.75) is 70.8 Å². The van der Waals surface area contributed by atoms with Crippen molar-refractivity contribution in [2.75, 3.05) is 32.7 Å². The number of amides is 1. The number of β-amino-alcohol motifs (C(OH)–C–C–N with tert-alkyl or cyclic N) is 1. The molecule has 3 rings (SSSR count). The molecule has 0 radical (unpaired) electrons. The number of aliphatic hydroxyl groups is 1. The van der Waals surface area contributed by atoms with Crippen LogP contribution in [-0.2, 0) is 0 Å². The van der Waals surface area contributed by atoms with Crippen LogP contribution in [0.25, 0.3) is 0 Å². The molecule has 1 atom stereocenters. The van der Waals surface area contributed by atoms with E-state index in [4.69, 9.17) is 4.42 Å². The van der Waals surface area contributed by atoms with Gasteiger partial charge in [-0.25, -0.2) is 4.79 Å². The maximum absolute atomic E-state index is 13.0. The van der Waals surface area contributed by atoms with Crippen LogP contribution in [0.15, 0.2) is 15.3 Å². The molecule has 1 aromatic heterocycles. The lowest BCUT2D eigenvalue weighted by molar-refractivity contribution is -0.0368. The smallest absolute Gasteiger partial charge is 0.349 e. The molecule has 1 N–H and O–H groups in total. The molecule has 1 amide bonds. The Balaban J connectivity index is 1.67. The Bertz CT molecular complexity index is 743. The van der Waals surface area contributed by atoms with Crippen molar-refractivity contribution in [3.8, 4) is 0 Å². The van der Waals surface area contributed by atoms with Gasteiger partial charge in [-0.05, 0) is 63.7 Å². The van der Waals surface area contributed by atoms with Gasteiger partial charge in [-0.3, -0.25) is 4.79 Å². The van der Waals surface area contributed by atoms with Crippen LogP contribution in [0.3, 0.4) is 0 Å². The molecular weight excluding hydrogens is 356 g/mol. The zero-order chi connectivity index (χ0) is 20.3. The third-order valence-corrected chi connectivity index (χ3v) is 6.29. The van der Waals surface area contributed by atoms with E-state index >= 15 is 0 Å². The summed E-state index contributed by atoms with van der Waals surface area (Å²) in [6, 6.07) is 1.84. The molecule has 0 spiro atoms. The molecule has 6 heteroatoms. The van der Waals surface area contributed by atoms with Gasteiger partial charge in [0.25, 0.3) is 5.91 Å². The van der Waals surface area contributed by atoms with Crippen molar-refractivity contribution in [1.82, 2.24) is 9.80 Å². The molecule has 3 heterocycles. The minimum atomic E-state index is -0.736. The monoisotopic (exact) mass is 390 g/mol. The molecule has 0 bridgehead atoms. The van der Waals surface area contributed by atoms with Gasteiger partial charge in [0, 0.05) is 25.6 Å². The minimum Gasteiger partial charge on any atom is -0.427 e. The number of piperidine rings is 1. The van der Waals surface area contributed by atoms with Crippen molar-refractivity contribution in [3.63, 3.8) is 0 Å². The number of rotatable bonds is 6. The van der Waals surface area contributed by atoms with E-state index in [0.29, 0.717) is 43.8 Å². The molecule has 0 aliphatic carbocycles. The highest BCUT2D eigenvalue weighted by Crippen LogP contribution is 2.27. The molecule has 1 aromatic rings. The number of hydrogen-bond acceptors (Lipinski definition) is 5. The predicted molar refractivity (Wildman–Crippen MR) is 109 cm³/mol. The second kappa shape index (κ2) is 8.78. The SMILES string of the molecule is CCCC(C)c1cc(C)c(C(=O)N2CCC(O)(CN3CCCC3)CC2)c(=O)o1. The quantitative estimate of drug-likeness (QED) is 0.808. The van der Waals surface area contributed by atoms with Gasteiger partial charge >= 0.3 is 5.63 Å². The van der Waals surface area contributed by atoms with E-state index in [1.807, 2.05) is 13.0 Å². The summed E-state index contributed by atoms with van der Waals surface area (Å²) in [5.74, 6) is 0.542. The fourth-order valence-electron chi connectivity index (χ4n) is 4.51. The zero-order valence-electron chi connectivity index (χ0n) is 17.5. The number of hydrogen-bond donors (Lipinski definition) is 1. The molecule has 2 saturated heterocycles. The maximum Gasteiger partial charge on any atom is 0.349 e. The van der Waals surface area contributed by atoms with Gasteiger partial charge in [0.2, 0.25) is 0 Å². The molecule has 2 aliphatic rings. The van der Waals surface area contributed by atoms with E-state index in [1.54, 1.807) is 11.8 Å². The lowest BCUT2D eigenvalue weighted by atomic mass is 9.90. The first-order valence-corrected chi connectivity index (χ1v) is 10.7. The van der Waals surface area contributed by atoms with E-state index in [-0.39, 0.29) is 17.4 Å². The number of aryl methyl sites for hydroxylation is 1.